The quantitative estimate of drug-likeness (QED) is 0.336. The molecule has 7 nitrogen and oxygen atoms in total. The van der Waals surface area contributed by atoms with Crippen molar-refractivity contribution < 1.29 is 9.53 Å². The zero-order valence-electron chi connectivity index (χ0n) is 17.3. The van der Waals surface area contributed by atoms with E-state index in [1.54, 1.807) is 22.8 Å². The molecular formula is C22H22N4O3S2. The van der Waals surface area contributed by atoms with Crippen LogP contribution >= 0.6 is 23.1 Å². The minimum atomic E-state index is -0.295. The van der Waals surface area contributed by atoms with Crippen LogP contribution in [0.4, 0.5) is 0 Å². The number of aromatic nitrogens is 4. The zero-order valence-corrected chi connectivity index (χ0v) is 19.0. The third-order valence-electron chi connectivity index (χ3n) is 5.57. The molecule has 1 aliphatic rings. The average molecular weight is 455 g/mol. The molecule has 0 saturated heterocycles. The van der Waals surface area contributed by atoms with Crippen LogP contribution in [0, 0.1) is 5.92 Å². The van der Waals surface area contributed by atoms with E-state index >= 15 is 0 Å². The van der Waals surface area contributed by atoms with Crippen LogP contribution in [0.5, 0.6) is 0 Å². The van der Waals surface area contributed by atoms with Crippen LogP contribution in [0.25, 0.3) is 21.7 Å². The summed E-state index contributed by atoms with van der Waals surface area (Å²) in [4.78, 5) is 27.8. The first kappa shape index (κ1) is 20.3. The highest BCUT2D eigenvalue weighted by Crippen LogP contribution is 2.38. The Morgan fingerprint density at radius 1 is 1.29 bits per heavy atom. The van der Waals surface area contributed by atoms with Crippen molar-refractivity contribution in [3.8, 4) is 5.69 Å². The van der Waals surface area contributed by atoms with Crippen LogP contribution in [0.1, 0.15) is 30.7 Å². The predicted molar refractivity (Wildman–Crippen MR) is 123 cm³/mol. The highest BCUT2D eigenvalue weighted by molar-refractivity contribution is 7.99. The van der Waals surface area contributed by atoms with Gasteiger partial charge in [-0.1, -0.05) is 36.9 Å². The van der Waals surface area contributed by atoms with Gasteiger partial charge in [0.25, 0.3) is 5.56 Å². The summed E-state index contributed by atoms with van der Waals surface area (Å²) in [6, 6.07) is 9.52. The second-order valence-electron chi connectivity index (χ2n) is 7.72. The highest BCUT2D eigenvalue weighted by Gasteiger charge is 2.27. The van der Waals surface area contributed by atoms with Crippen LogP contribution in [-0.4, -0.2) is 37.5 Å². The number of hydrogen-bond acceptors (Lipinski definition) is 7. The first-order valence-corrected chi connectivity index (χ1v) is 12.2. The summed E-state index contributed by atoms with van der Waals surface area (Å²) in [5, 5.41) is 10.0. The summed E-state index contributed by atoms with van der Waals surface area (Å²) in [6.45, 7) is 4.38. The van der Waals surface area contributed by atoms with Gasteiger partial charge in [-0.05, 0) is 49.8 Å². The van der Waals surface area contributed by atoms with Gasteiger partial charge >= 0.3 is 5.97 Å². The number of carbonyl (C=O) groups is 1. The number of aryl methyl sites for hydroxylation is 1. The third-order valence-corrected chi connectivity index (χ3v) is 7.71. The van der Waals surface area contributed by atoms with Crippen molar-refractivity contribution in [2.75, 3.05) is 12.4 Å². The minimum Gasteiger partial charge on any atom is -0.465 e. The first-order valence-electron chi connectivity index (χ1n) is 10.4. The number of para-hydroxylation sites is 1. The van der Waals surface area contributed by atoms with E-state index in [0.717, 1.165) is 40.7 Å². The van der Waals surface area contributed by atoms with Crippen LogP contribution in [0.3, 0.4) is 0 Å². The largest absolute Gasteiger partial charge is 0.465 e. The van der Waals surface area contributed by atoms with Crippen LogP contribution < -0.4 is 5.56 Å². The molecule has 9 heteroatoms. The molecule has 0 saturated carbocycles. The van der Waals surface area contributed by atoms with Crippen molar-refractivity contribution in [1.82, 2.24) is 19.2 Å². The monoisotopic (exact) mass is 454 g/mol. The van der Waals surface area contributed by atoms with Gasteiger partial charge in [-0.25, -0.2) is 8.97 Å². The van der Waals surface area contributed by atoms with E-state index in [0.29, 0.717) is 23.5 Å². The zero-order chi connectivity index (χ0) is 21.5. The number of thioether (sulfide) groups is 1. The summed E-state index contributed by atoms with van der Waals surface area (Å²) in [7, 11) is 0. The van der Waals surface area contributed by atoms with Crippen LogP contribution in [0.2, 0.25) is 0 Å². The van der Waals surface area contributed by atoms with Crippen molar-refractivity contribution in [3.63, 3.8) is 0 Å². The third kappa shape index (κ3) is 3.45. The van der Waals surface area contributed by atoms with Crippen molar-refractivity contribution >= 4 is 45.1 Å². The maximum Gasteiger partial charge on any atom is 0.316 e. The molecule has 0 radical (unpaired) electrons. The van der Waals surface area contributed by atoms with Gasteiger partial charge in [-0.3, -0.25) is 9.59 Å². The Labute approximate surface area is 187 Å². The molecule has 31 heavy (non-hydrogen) atoms. The molecule has 3 aromatic heterocycles. The van der Waals surface area contributed by atoms with Gasteiger partial charge in [-0.2, -0.15) is 0 Å². The van der Waals surface area contributed by atoms with E-state index in [1.807, 2.05) is 34.7 Å². The molecule has 0 amide bonds. The number of esters is 1. The molecule has 0 fully saturated rings. The lowest BCUT2D eigenvalue weighted by molar-refractivity contribution is -0.139. The number of fused-ring (bicyclic) bond motifs is 5. The first-order chi connectivity index (χ1) is 15.1. The standard InChI is InChI=1S/C22H22N4O3S2/c1-3-29-17(27)12-30-22-24-23-21-25(14-7-5-4-6-8-14)19(28)18-15-10-9-13(2)11-16(15)31-20(18)26(21)22/h4-8,13H,3,9-12H2,1-2H3/t13-/m0/s1. The number of hydrogen-bond donors (Lipinski definition) is 0. The van der Waals surface area contributed by atoms with Crippen molar-refractivity contribution in [2.24, 2.45) is 5.92 Å². The SMILES string of the molecule is CCOC(=O)CSc1nnc2n(-c3ccccc3)c(=O)c3c4c(sc3n12)C[C@@H](C)CC4. The molecule has 160 valence electrons. The van der Waals surface area contributed by atoms with E-state index in [1.165, 1.54) is 16.6 Å². The molecule has 0 bridgehead atoms. The minimum absolute atomic E-state index is 0.0601. The maximum absolute atomic E-state index is 13.7. The van der Waals surface area contributed by atoms with E-state index in [-0.39, 0.29) is 17.3 Å². The summed E-state index contributed by atoms with van der Waals surface area (Å²) in [5.74, 6) is 0.909. The highest BCUT2D eigenvalue weighted by atomic mass is 32.2. The fraction of sp³-hybridized carbons (Fsp3) is 0.364. The van der Waals surface area contributed by atoms with Gasteiger partial charge in [0, 0.05) is 4.88 Å². The molecule has 5 rings (SSSR count). The Balaban J connectivity index is 1.78. The van der Waals surface area contributed by atoms with E-state index in [2.05, 4.69) is 17.1 Å². The van der Waals surface area contributed by atoms with Crippen LogP contribution in [-0.2, 0) is 22.4 Å². The number of carbonyl (C=O) groups excluding carboxylic acids is 1. The van der Waals surface area contributed by atoms with Gasteiger partial charge < -0.3 is 4.74 Å². The van der Waals surface area contributed by atoms with E-state index in [4.69, 9.17) is 4.74 Å². The number of rotatable bonds is 5. The topological polar surface area (TPSA) is 78.5 Å². The summed E-state index contributed by atoms with van der Waals surface area (Å²) < 4.78 is 8.63. The Morgan fingerprint density at radius 3 is 2.87 bits per heavy atom. The molecular weight excluding hydrogens is 432 g/mol. The molecule has 0 unspecified atom stereocenters. The lowest BCUT2D eigenvalue weighted by atomic mass is 9.89. The molecule has 1 aliphatic carbocycles. The Hall–Kier alpha value is -2.65. The Bertz CT molecular complexity index is 1340. The summed E-state index contributed by atoms with van der Waals surface area (Å²) in [6.07, 6.45) is 2.96. The number of ether oxygens (including phenoxy) is 1. The fourth-order valence-electron chi connectivity index (χ4n) is 4.13. The van der Waals surface area contributed by atoms with Gasteiger partial charge in [0.1, 0.15) is 4.83 Å². The van der Waals surface area contributed by atoms with Crippen molar-refractivity contribution in [2.45, 2.75) is 38.3 Å². The molecule has 0 spiro atoms. The second-order valence-corrected chi connectivity index (χ2v) is 9.75. The van der Waals surface area contributed by atoms with E-state index in [9.17, 15) is 9.59 Å². The Morgan fingerprint density at radius 2 is 2.10 bits per heavy atom. The van der Waals surface area contributed by atoms with Gasteiger partial charge in [0.15, 0.2) is 5.16 Å². The fourth-order valence-corrected chi connectivity index (χ4v) is 6.42. The molecule has 0 N–H and O–H groups in total. The van der Waals surface area contributed by atoms with E-state index < -0.39 is 0 Å². The van der Waals surface area contributed by atoms with Gasteiger partial charge in [0.2, 0.25) is 5.78 Å². The second kappa shape index (κ2) is 8.12. The van der Waals surface area contributed by atoms with Gasteiger partial charge in [-0.15, -0.1) is 21.5 Å². The normalized spacial score (nSPS) is 16.0. The molecule has 3 heterocycles. The molecule has 1 aromatic carbocycles. The molecule has 0 aliphatic heterocycles. The van der Waals surface area contributed by atoms with Gasteiger partial charge in [0.05, 0.1) is 23.4 Å². The molecule has 4 aromatic rings. The smallest absolute Gasteiger partial charge is 0.316 e. The molecule has 1 atom stereocenters. The number of benzene rings is 1. The lowest BCUT2D eigenvalue weighted by Gasteiger charge is -2.17. The lowest BCUT2D eigenvalue weighted by Crippen LogP contribution is -2.22. The predicted octanol–water partition coefficient (Wildman–Crippen LogP) is 3.87. The summed E-state index contributed by atoms with van der Waals surface area (Å²) in [5.41, 5.74) is 1.85. The number of thiophene rings is 1. The Kier molecular flexibility index (Phi) is 5.31. The van der Waals surface area contributed by atoms with Crippen molar-refractivity contribution in [1.29, 1.82) is 0 Å². The maximum atomic E-state index is 13.7. The van der Waals surface area contributed by atoms with Crippen LogP contribution in [0.15, 0.2) is 40.3 Å². The summed E-state index contributed by atoms with van der Waals surface area (Å²) >= 11 is 2.94. The van der Waals surface area contributed by atoms with Crippen molar-refractivity contribution in [3.05, 3.63) is 51.1 Å². The average Bonchev–Trinajstić information content (AvgIpc) is 3.34. The number of nitrogens with zero attached hydrogens (tertiary/aromatic N) is 4.